The number of amides is 2. The first kappa shape index (κ1) is 18.4. The van der Waals surface area contributed by atoms with Gasteiger partial charge in [0.1, 0.15) is 11.5 Å². The Balaban J connectivity index is 1.87. The Labute approximate surface area is 158 Å². The lowest BCUT2D eigenvalue weighted by atomic mass is 10.3. The number of carbonyl (C=O) groups excluding carboxylic acids is 2. The fraction of sp³-hybridized carbons (Fsp3) is 0.250. The average molecular weight is 394 g/mol. The van der Waals surface area contributed by atoms with Gasteiger partial charge >= 0.3 is 0 Å². The zero-order valence-electron chi connectivity index (χ0n) is 14.1. The number of benzene rings is 1. The van der Waals surface area contributed by atoms with Crippen molar-refractivity contribution >= 4 is 40.9 Å². The van der Waals surface area contributed by atoms with Gasteiger partial charge in [0.05, 0.1) is 18.8 Å². The Morgan fingerprint density at radius 2 is 2.08 bits per heavy atom. The number of nitrogens with one attached hydrogen (secondary N) is 1. The minimum absolute atomic E-state index is 0.0469. The number of aliphatic hydroxyl groups excluding tert-OH is 1. The van der Waals surface area contributed by atoms with Crippen molar-refractivity contribution in [2.75, 3.05) is 18.5 Å². The van der Waals surface area contributed by atoms with Crippen LogP contribution >= 0.6 is 23.4 Å². The highest BCUT2D eigenvalue weighted by atomic mass is 35.5. The van der Waals surface area contributed by atoms with Gasteiger partial charge in [-0.15, -0.1) is 10.2 Å². The molecule has 8 nitrogen and oxygen atoms in total. The number of aromatic nitrogens is 3. The number of hydrogen-bond donors (Lipinski definition) is 2. The predicted octanol–water partition coefficient (Wildman–Crippen LogP) is 1.59. The Kier molecular flexibility index (Phi) is 5.30. The fourth-order valence-electron chi connectivity index (χ4n) is 2.32. The quantitative estimate of drug-likeness (QED) is 0.718. The number of aryl methyl sites for hydroxylation is 1. The molecular weight excluding hydrogens is 378 g/mol. The molecule has 2 N–H and O–H groups in total. The molecule has 0 radical (unpaired) electrons. The van der Waals surface area contributed by atoms with Crippen molar-refractivity contribution in [3.05, 3.63) is 40.8 Å². The van der Waals surface area contributed by atoms with Crippen LogP contribution in [-0.2, 0) is 16.6 Å². The predicted molar refractivity (Wildman–Crippen MR) is 96.8 cm³/mol. The van der Waals surface area contributed by atoms with E-state index in [1.165, 1.54) is 17.8 Å². The van der Waals surface area contributed by atoms with Crippen molar-refractivity contribution in [1.82, 2.24) is 19.7 Å². The van der Waals surface area contributed by atoms with Crippen molar-refractivity contribution in [3.63, 3.8) is 0 Å². The molecule has 0 bridgehead atoms. The number of anilines is 1. The lowest BCUT2D eigenvalue weighted by molar-refractivity contribution is -0.137. The zero-order valence-corrected chi connectivity index (χ0v) is 15.6. The third-order valence-corrected chi connectivity index (χ3v) is 5.15. The largest absolute Gasteiger partial charge is 0.395 e. The molecule has 26 heavy (non-hydrogen) atoms. The van der Waals surface area contributed by atoms with Crippen LogP contribution in [-0.4, -0.2) is 49.7 Å². The van der Waals surface area contributed by atoms with E-state index in [-0.39, 0.29) is 18.8 Å². The molecule has 136 valence electrons. The lowest BCUT2D eigenvalue weighted by Crippen LogP contribution is -2.34. The van der Waals surface area contributed by atoms with E-state index in [4.69, 9.17) is 16.7 Å². The van der Waals surface area contributed by atoms with E-state index < -0.39 is 11.8 Å². The minimum Gasteiger partial charge on any atom is -0.395 e. The molecule has 2 aromatic rings. The molecule has 0 saturated heterocycles. The summed E-state index contributed by atoms with van der Waals surface area (Å²) in [4.78, 5) is 26.0. The normalized spacial score (nSPS) is 14.2. The maximum Gasteiger partial charge on any atom is 0.277 e. The second kappa shape index (κ2) is 7.48. The Morgan fingerprint density at radius 3 is 2.73 bits per heavy atom. The van der Waals surface area contributed by atoms with E-state index in [1.54, 1.807) is 18.2 Å². The monoisotopic (exact) mass is 393 g/mol. The second-order valence-electron chi connectivity index (χ2n) is 5.53. The van der Waals surface area contributed by atoms with Crippen molar-refractivity contribution in [1.29, 1.82) is 0 Å². The van der Waals surface area contributed by atoms with Crippen LogP contribution in [0.2, 0.25) is 5.02 Å². The van der Waals surface area contributed by atoms with Crippen molar-refractivity contribution in [3.8, 4) is 0 Å². The Hall–Kier alpha value is -2.36. The third kappa shape index (κ3) is 3.59. The Morgan fingerprint density at radius 1 is 1.31 bits per heavy atom. The molecule has 0 atom stereocenters. The molecule has 0 aliphatic carbocycles. The molecule has 1 aliphatic rings. The summed E-state index contributed by atoms with van der Waals surface area (Å²) in [7, 11) is 1.86. The molecule has 2 heterocycles. The highest BCUT2D eigenvalue weighted by Gasteiger charge is 2.31. The number of hydrogen-bond acceptors (Lipinski definition) is 7. The molecular formula is C16H16ClN5O3S. The minimum atomic E-state index is -0.491. The van der Waals surface area contributed by atoms with Gasteiger partial charge in [-0.25, -0.2) is 0 Å². The summed E-state index contributed by atoms with van der Waals surface area (Å²) in [6.07, 6.45) is 1.21. The molecule has 0 saturated carbocycles. The lowest BCUT2D eigenvalue weighted by Gasteiger charge is -2.15. The molecule has 2 amide bonds. The smallest absolute Gasteiger partial charge is 0.277 e. The summed E-state index contributed by atoms with van der Waals surface area (Å²) in [6.45, 7) is 1.51. The van der Waals surface area contributed by atoms with Gasteiger partial charge in [-0.1, -0.05) is 11.6 Å². The van der Waals surface area contributed by atoms with Gasteiger partial charge in [0.25, 0.3) is 11.8 Å². The first-order valence-electron chi connectivity index (χ1n) is 7.69. The van der Waals surface area contributed by atoms with Crippen LogP contribution in [0.5, 0.6) is 0 Å². The van der Waals surface area contributed by atoms with Gasteiger partial charge in [0.15, 0.2) is 5.16 Å². The standard InChI is InChI=1S/C16H16ClN5O3S/c1-9-19-20-16(21(9)2)26-13-4-3-10(17)7-11(13)18-12-8-14(24)22(5-6-23)15(12)25/h3-4,7-8,18,23H,5-6H2,1-2H3. The zero-order chi connectivity index (χ0) is 18.8. The van der Waals surface area contributed by atoms with Gasteiger partial charge < -0.3 is 15.0 Å². The van der Waals surface area contributed by atoms with Gasteiger partial charge in [-0.3, -0.25) is 14.5 Å². The molecule has 0 fully saturated rings. The highest BCUT2D eigenvalue weighted by Crippen LogP contribution is 2.35. The number of nitrogens with zero attached hydrogens (tertiary/aromatic N) is 4. The molecule has 1 aliphatic heterocycles. The first-order valence-corrected chi connectivity index (χ1v) is 8.89. The molecule has 0 unspecified atom stereocenters. The summed E-state index contributed by atoms with van der Waals surface area (Å²) >= 11 is 7.44. The number of imide groups is 1. The molecule has 1 aromatic carbocycles. The van der Waals surface area contributed by atoms with Gasteiger partial charge in [0, 0.05) is 23.0 Å². The van der Waals surface area contributed by atoms with E-state index in [0.29, 0.717) is 15.9 Å². The molecule has 10 heteroatoms. The van der Waals surface area contributed by atoms with Crippen LogP contribution in [0.4, 0.5) is 5.69 Å². The molecule has 0 spiro atoms. The van der Waals surface area contributed by atoms with Crippen molar-refractivity contribution in [2.45, 2.75) is 17.0 Å². The van der Waals surface area contributed by atoms with E-state index in [1.807, 2.05) is 18.5 Å². The molecule has 1 aromatic heterocycles. The van der Waals surface area contributed by atoms with E-state index in [9.17, 15) is 9.59 Å². The fourth-order valence-corrected chi connectivity index (χ4v) is 3.39. The SMILES string of the molecule is Cc1nnc(Sc2ccc(Cl)cc2NC2=CC(=O)N(CCO)C2=O)n1C. The first-order chi connectivity index (χ1) is 12.4. The maximum atomic E-state index is 12.3. The summed E-state index contributed by atoms with van der Waals surface area (Å²) in [5.74, 6) is -0.184. The van der Waals surface area contributed by atoms with Crippen LogP contribution in [0.25, 0.3) is 0 Å². The number of rotatable bonds is 6. The van der Waals surface area contributed by atoms with Crippen LogP contribution in [0, 0.1) is 6.92 Å². The topological polar surface area (TPSA) is 100 Å². The molecule has 3 rings (SSSR count). The number of aliphatic hydroxyl groups is 1. The maximum absolute atomic E-state index is 12.3. The summed E-state index contributed by atoms with van der Waals surface area (Å²) in [6, 6.07) is 5.19. The summed E-state index contributed by atoms with van der Waals surface area (Å²) in [5, 5.41) is 21.2. The van der Waals surface area contributed by atoms with E-state index in [0.717, 1.165) is 15.6 Å². The summed E-state index contributed by atoms with van der Waals surface area (Å²) < 4.78 is 1.84. The third-order valence-electron chi connectivity index (χ3n) is 3.80. The number of carbonyl (C=O) groups is 2. The van der Waals surface area contributed by atoms with Gasteiger partial charge in [-0.2, -0.15) is 0 Å². The Bertz CT molecular complexity index is 911. The van der Waals surface area contributed by atoms with E-state index in [2.05, 4.69) is 15.5 Å². The van der Waals surface area contributed by atoms with Gasteiger partial charge in [0.2, 0.25) is 0 Å². The van der Waals surface area contributed by atoms with Crippen LogP contribution in [0.1, 0.15) is 5.82 Å². The van der Waals surface area contributed by atoms with Crippen LogP contribution in [0.3, 0.4) is 0 Å². The number of halogens is 1. The highest BCUT2D eigenvalue weighted by molar-refractivity contribution is 7.99. The van der Waals surface area contributed by atoms with Crippen LogP contribution in [0.15, 0.2) is 40.0 Å². The van der Waals surface area contributed by atoms with E-state index >= 15 is 0 Å². The van der Waals surface area contributed by atoms with Gasteiger partial charge in [-0.05, 0) is 36.9 Å². The van der Waals surface area contributed by atoms with Crippen molar-refractivity contribution in [2.24, 2.45) is 7.05 Å². The van der Waals surface area contributed by atoms with Crippen molar-refractivity contribution < 1.29 is 14.7 Å². The summed E-state index contributed by atoms with van der Waals surface area (Å²) in [5.41, 5.74) is 0.697. The number of β-amino-alcohol motifs (C(OH)–C–C–N with tert-alkyl or cyclic N) is 1. The average Bonchev–Trinajstić information content (AvgIpc) is 3.05. The van der Waals surface area contributed by atoms with Crippen LogP contribution < -0.4 is 5.32 Å². The second-order valence-corrected chi connectivity index (χ2v) is 6.98.